The summed E-state index contributed by atoms with van der Waals surface area (Å²) in [6.07, 6.45) is 0.425. The SMILES string of the molecule is O=C1CC(CBr)CN1c1ccccc1OC(F)F. The number of alkyl halides is 3. The Balaban J connectivity index is 2.25. The Morgan fingerprint density at radius 2 is 2.17 bits per heavy atom. The lowest BCUT2D eigenvalue weighted by atomic mass is 10.2. The molecule has 1 heterocycles. The summed E-state index contributed by atoms with van der Waals surface area (Å²) >= 11 is 3.33. The van der Waals surface area contributed by atoms with E-state index in [1.165, 1.54) is 11.0 Å². The summed E-state index contributed by atoms with van der Waals surface area (Å²) in [6.45, 7) is -2.37. The Bertz CT molecular complexity index is 442. The van der Waals surface area contributed by atoms with Gasteiger partial charge in [0.25, 0.3) is 0 Å². The van der Waals surface area contributed by atoms with E-state index in [-0.39, 0.29) is 17.6 Å². The van der Waals surface area contributed by atoms with Crippen molar-refractivity contribution in [3.63, 3.8) is 0 Å². The maximum atomic E-state index is 12.3. The monoisotopic (exact) mass is 319 g/mol. The molecule has 1 fully saturated rings. The van der Waals surface area contributed by atoms with E-state index < -0.39 is 6.61 Å². The van der Waals surface area contributed by atoms with Gasteiger partial charge in [-0.15, -0.1) is 0 Å². The zero-order valence-corrected chi connectivity index (χ0v) is 11.1. The molecule has 1 aliphatic heterocycles. The van der Waals surface area contributed by atoms with Crippen LogP contribution in [-0.2, 0) is 4.79 Å². The molecule has 0 spiro atoms. The predicted octanol–water partition coefficient (Wildman–Crippen LogP) is 3.04. The molecule has 6 heteroatoms. The van der Waals surface area contributed by atoms with Crippen LogP contribution in [0.5, 0.6) is 5.75 Å². The Morgan fingerprint density at radius 3 is 2.78 bits per heavy atom. The number of anilines is 1. The fourth-order valence-corrected chi connectivity index (χ4v) is 2.43. The maximum absolute atomic E-state index is 12.3. The van der Waals surface area contributed by atoms with Crippen molar-refractivity contribution in [3.8, 4) is 5.75 Å². The first-order valence-corrected chi connectivity index (χ1v) is 6.64. The van der Waals surface area contributed by atoms with E-state index >= 15 is 0 Å². The summed E-state index contributed by atoms with van der Waals surface area (Å²) in [5, 5.41) is 0.715. The lowest BCUT2D eigenvalue weighted by molar-refractivity contribution is -0.117. The standard InChI is InChI=1S/C12H12BrF2NO2/c13-6-8-5-11(17)16(7-8)9-3-1-2-4-10(9)18-12(14)15/h1-4,8,12H,5-7H2. The largest absolute Gasteiger partial charge is 0.433 e. The van der Waals surface area contributed by atoms with Gasteiger partial charge in [0.1, 0.15) is 5.75 Å². The Morgan fingerprint density at radius 1 is 1.44 bits per heavy atom. The van der Waals surface area contributed by atoms with E-state index in [0.717, 1.165) is 0 Å². The highest BCUT2D eigenvalue weighted by molar-refractivity contribution is 9.09. The average molecular weight is 320 g/mol. The van der Waals surface area contributed by atoms with Gasteiger partial charge in [-0.3, -0.25) is 4.79 Å². The fraction of sp³-hybridized carbons (Fsp3) is 0.417. The van der Waals surface area contributed by atoms with Gasteiger partial charge in [0.2, 0.25) is 5.91 Å². The normalized spacial score (nSPS) is 19.7. The summed E-state index contributed by atoms with van der Waals surface area (Å²) in [5.74, 6) is 0.179. The third-order valence-electron chi connectivity index (χ3n) is 2.80. The minimum atomic E-state index is -2.89. The van der Waals surface area contributed by atoms with Crippen molar-refractivity contribution in [2.45, 2.75) is 13.0 Å². The zero-order chi connectivity index (χ0) is 13.1. The molecular formula is C12H12BrF2NO2. The fourth-order valence-electron chi connectivity index (χ4n) is 1.99. The Hall–Kier alpha value is -1.17. The number of ether oxygens (including phenoxy) is 1. The number of hydrogen-bond donors (Lipinski definition) is 0. The minimum Gasteiger partial charge on any atom is -0.433 e. The molecule has 0 saturated carbocycles. The zero-order valence-electron chi connectivity index (χ0n) is 9.48. The van der Waals surface area contributed by atoms with E-state index in [1.807, 2.05) is 0 Å². The number of rotatable bonds is 4. The molecule has 1 aliphatic rings. The number of carbonyl (C=O) groups is 1. The van der Waals surface area contributed by atoms with Crippen LogP contribution in [0.2, 0.25) is 0 Å². The number of amides is 1. The summed E-state index contributed by atoms with van der Waals surface area (Å²) in [6, 6.07) is 6.36. The van der Waals surface area contributed by atoms with Crippen molar-refractivity contribution < 1.29 is 18.3 Å². The molecule has 0 N–H and O–H groups in total. The van der Waals surface area contributed by atoms with Gasteiger partial charge in [-0.05, 0) is 18.1 Å². The van der Waals surface area contributed by atoms with Crippen molar-refractivity contribution in [1.29, 1.82) is 0 Å². The molecule has 0 aliphatic carbocycles. The predicted molar refractivity (Wildman–Crippen MR) is 67.3 cm³/mol. The second-order valence-corrected chi connectivity index (χ2v) is 4.72. The van der Waals surface area contributed by atoms with Crippen molar-refractivity contribution in [2.75, 3.05) is 16.8 Å². The van der Waals surface area contributed by atoms with Crippen LogP contribution < -0.4 is 9.64 Å². The average Bonchev–Trinajstić information content (AvgIpc) is 2.70. The number of nitrogens with zero attached hydrogens (tertiary/aromatic N) is 1. The van der Waals surface area contributed by atoms with Crippen LogP contribution in [0.4, 0.5) is 14.5 Å². The molecule has 1 aromatic rings. The van der Waals surface area contributed by atoms with Gasteiger partial charge in [0.15, 0.2) is 0 Å². The minimum absolute atomic E-state index is 0.0380. The van der Waals surface area contributed by atoms with E-state index in [0.29, 0.717) is 24.0 Å². The topological polar surface area (TPSA) is 29.5 Å². The van der Waals surface area contributed by atoms with E-state index in [9.17, 15) is 13.6 Å². The molecule has 1 amide bonds. The lowest BCUT2D eigenvalue weighted by Gasteiger charge is -2.19. The third-order valence-corrected chi connectivity index (χ3v) is 3.71. The van der Waals surface area contributed by atoms with Crippen LogP contribution in [0.3, 0.4) is 0 Å². The van der Waals surface area contributed by atoms with E-state index in [2.05, 4.69) is 20.7 Å². The number of hydrogen-bond acceptors (Lipinski definition) is 2. The van der Waals surface area contributed by atoms with Crippen LogP contribution in [-0.4, -0.2) is 24.4 Å². The molecule has 1 aromatic carbocycles. The van der Waals surface area contributed by atoms with Crippen molar-refractivity contribution >= 4 is 27.5 Å². The number of benzene rings is 1. The Labute approximate surface area is 112 Å². The highest BCUT2D eigenvalue weighted by Gasteiger charge is 2.31. The summed E-state index contributed by atoms with van der Waals surface area (Å²) in [5.41, 5.74) is 0.409. The van der Waals surface area contributed by atoms with Crippen LogP contribution in [0.15, 0.2) is 24.3 Å². The molecule has 18 heavy (non-hydrogen) atoms. The number of para-hydroxylation sites is 2. The first kappa shape index (κ1) is 13.3. The van der Waals surface area contributed by atoms with Crippen LogP contribution in [0.1, 0.15) is 6.42 Å². The highest BCUT2D eigenvalue weighted by Crippen LogP contribution is 2.34. The molecule has 0 radical (unpaired) electrons. The third kappa shape index (κ3) is 2.80. The quantitative estimate of drug-likeness (QED) is 0.798. The van der Waals surface area contributed by atoms with Gasteiger partial charge >= 0.3 is 6.61 Å². The van der Waals surface area contributed by atoms with Gasteiger partial charge in [-0.2, -0.15) is 8.78 Å². The maximum Gasteiger partial charge on any atom is 0.387 e. The van der Waals surface area contributed by atoms with Gasteiger partial charge in [0, 0.05) is 18.3 Å². The van der Waals surface area contributed by atoms with Gasteiger partial charge < -0.3 is 9.64 Å². The molecule has 0 bridgehead atoms. The summed E-state index contributed by atoms with van der Waals surface area (Å²) in [4.78, 5) is 13.3. The van der Waals surface area contributed by atoms with Crippen LogP contribution in [0.25, 0.3) is 0 Å². The molecule has 0 aromatic heterocycles. The molecule has 98 valence electrons. The summed E-state index contributed by atoms with van der Waals surface area (Å²) < 4.78 is 29.0. The number of halogens is 3. The van der Waals surface area contributed by atoms with Crippen LogP contribution in [0, 0.1) is 5.92 Å². The highest BCUT2D eigenvalue weighted by atomic mass is 79.9. The van der Waals surface area contributed by atoms with E-state index in [1.54, 1.807) is 18.2 Å². The van der Waals surface area contributed by atoms with Gasteiger partial charge in [-0.1, -0.05) is 28.1 Å². The van der Waals surface area contributed by atoms with Crippen LogP contribution >= 0.6 is 15.9 Å². The van der Waals surface area contributed by atoms with Crippen molar-refractivity contribution in [1.82, 2.24) is 0 Å². The first-order chi connectivity index (χ1) is 8.61. The molecule has 1 saturated heterocycles. The molecule has 1 atom stereocenters. The van der Waals surface area contributed by atoms with Gasteiger partial charge in [-0.25, -0.2) is 0 Å². The smallest absolute Gasteiger partial charge is 0.387 e. The second kappa shape index (κ2) is 5.65. The molecule has 3 nitrogen and oxygen atoms in total. The molecular weight excluding hydrogens is 308 g/mol. The van der Waals surface area contributed by atoms with E-state index in [4.69, 9.17) is 0 Å². The second-order valence-electron chi connectivity index (χ2n) is 4.08. The first-order valence-electron chi connectivity index (χ1n) is 5.52. The molecule has 2 rings (SSSR count). The van der Waals surface area contributed by atoms with Gasteiger partial charge in [0.05, 0.1) is 5.69 Å². The van der Waals surface area contributed by atoms with Crippen molar-refractivity contribution in [3.05, 3.63) is 24.3 Å². The lowest BCUT2D eigenvalue weighted by Crippen LogP contribution is -2.25. The molecule has 1 unspecified atom stereocenters. The summed E-state index contributed by atoms with van der Waals surface area (Å²) in [7, 11) is 0. The van der Waals surface area contributed by atoms with Crippen molar-refractivity contribution in [2.24, 2.45) is 5.92 Å². The number of carbonyl (C=O) groups excluding carboxylic acids is 1. The Kier molecular flexibility index (Phi) is 4.16.